The summed E-state index contributed by atoms with van der Waals surface area (Å²) in [5, 5.41) is 2.96. The van der Waals surface area contributed by atoms with Crippen LogP contribution in [0.4, 0.5) is 11.4 Å². The van der Waals surface area contributed by atoms with Crippen LogP contribution in [0.25, 0.3) is 0 Å². The van der Waals surface area contributed by atoms with Crippen LogP contribution in [0.2, 0.25) is 0 Å². The van der Waals surface area contributed by atoms with Gasteiger partial charge in [0, 0.05) is 36.6 Å². The smallest absolute Gasteiger partial charge is 0.251 e. The van der Waals surface area contributed by atoms with Crippen molar-refractivity contribution >= 4 is 42.1 Å². The Kier molecular flexibility index (Phi) is 7.89. The van der Waals surface area contributed by atoms with E-state index in [-0.39, 0.29) is 30.7 Å². The molecule has 1 aliphatic rings. The highest BCUT2D eigenvalue weighted by Crippen LogP contribution is 2.27. The van der Waals surface area contributed by atoms with Gasteiger partial charge in [0.2, 0.25) is 0 Å². The summed E-state index contributed by atoms with van der Waals surface area (Å²) < 4.78 is 0. The summed E-state index contributed by atoms with van der Waals surface area (Å²) in [6.45, 7) is 2.73. The predicted molar refractivity (Wildman–Crippen MR) is 105 cm³/mol. The molecule has 0 atom stereocenters. The molecular weight excluding hydrogens is 345 g/mol. The Morgan fingerprint density at radius 3 is 2.54 bits per heavy atom. The van der Waals surface area contributed by atoms with Crippen LogP contribution in [0.15, 0.2) is 48.5 Å². The first-order chi connectivity index (χ1) is 10.7. The van der Waals surface area contributed by atoms with Gasteiger partial charge in [0.1, 0.15) is 0 Å². The fourth-order valence-corrected chi connectivity index (χ4v) is 2.85. The van der Waals surface area contributed by atoms with Crippen molar-refractivity contribution in [1.82, 2.24) is 5.32 Å². The number of anilines is 2. The summed E-state index contributed by atoms with van der Waals surface area (Å²) >= 11 is 0. The van der Waals surface area contributed by atoms with E-state index >= 15 is 0 Å². The van der Waals surface area contributed by atoms with E-state index < -0.39 is 0 Å². The van der Waals surface area contributed by atoms with Crippen molar-refractivity contribution in [2.24, 2.45) is 0 Å². The highest BCUT2D eigenvalue weighted by molar-refractivity contribution is 5.94. The van der Waals surface area contributed by atoms with Crippen molar-refractivity contribution in [2.75, 3.05) is 30.3 Å². The summed E-state index contributed by atoms with van der Waals surface area (Å²) in [6, 6.07) is 15.5. The van der Waals surface area contributed by atoms with E-state index in [0.717, 1.165) is 25.9 Å². The molecular formula is C18H23Cl2N3O. The van der Waals surface area contributed by atoms with Gasteiger partial charge < -0.3 is 16.0 Å². The molecule has 2 aromatic rings. The van der Waals surface area contributed by atoms with Gasteiger partial charge in [0.05, 0.1) is 0 Å². The third kappa shape index (κ3) is 4.79. The maximum Gasteiger partial charge on any atom is 0.251 e. The number of nitrogens with zero attached hydrogens (tertiary/aromatic N) is 1. The van der Waals surface area contributed by atoms with Crippen molar-refractivity contribution in [1.29, 1.82) is 0 Å². The number of nitrogen functional groups attached to an aromatic ring is 1. The Bertz CT molecular complexity index is 662. The number of amides is 1. The average Bonchev–Trinajstić information content (AvgIpc) is 2.95. The fraction of sp³-hybridized carbons (Fsp3) is 0.278. The maximum absolute atomic E-state index is 12.0. The number of hydrogen-bond acceptors (Lipinski definition) is 3. The molecule has 0 aliphatic carbocycles. The van der Waals surface area contributed by atoms with Gasteiger partial charge in [-0.05, 0) is 48.7 Å². The Hall–Kier alpha value is -1.91. The van der Waals surface area contributed by atoms with E-state index in [4.69, 9.17) is 5.73 Å². The van der Waals surface area contributed by atoms with Gasteiger partial charge in [-0.1, -0.05) is 18.2 Å². The van der Waals surface area contributed by atoms with Crippen LogP contribution in [-0.4, -0.2) is 25.5 Å². The van der Waals surface area contributed by atoms with Crippen molar-refractivity contribution in [3.63, 3.8) is 0 Å². The van der Waals surface area contributed by atoms with Gasteiger partial charge in [-0.2, -0.15) is 0 Å². The SMILES string of the molecule is Cl.Cl.Nc1ccc(C(=O)NCCCN2CCc3ccccc32)cc1. The zero-order valence-electron chi connectivity index (χ0n) is 13.4. The van der Waals surface area contributed by atoms with Gasteiger partial charge in [-0.15, -0.1) is 24.8 Å². The Morgan fingerprint density at radius 1 is 1.08 bits per heavy atom. The van der Waals surface area contributed by atoms with Crippen molar-refractivity contribution in [3.8, 4) is 0 Å². The Labute approximate surface area is 155 Å². The van der Waals surface area contributed by atoms with Gasteiger partial charge in [-0.25, -0.2) is 0 Å². The Morgan fingerprint density at radius 2 is 1.79 bits per heavy atom. The second kappa shape index (κ2) is 9.40. The molecule has 3 N–H and O–H groups in total. The van der Waals surface area contributed by atoms with E-state index in [1.54, 1.807) is 24.3 Å². The minimum Gasteiger partial charge on any atom is -0.399 e. The summed E-state index contributed by atoms with van der Waals surface area (Å²) in [6.07, 6.45) is 2.06. The van der Waals surface area contributed by atoms with E-state index in [0.29, 0.717) is 17.8 Å². The fourth-order valence-electron chi connectivity index (χ4n) is 2.85. The minimum absolute atomic E-state index is 0. The maximum atomic E-state index is 12.0. The molecule has 0 bridgehead atoms. The molecule has 0 fully saturated rings. The summed E-state index contributed by atoms with van der Waals surface area (Å²) in [4.78, 5) is 14.4. The topological polar surface area (TPSA) is 58.4 Å². The molecule has 6 heteroatoms. The van der Waals surface area contributed by atoms with Crippen LogP contribution in [0.5, 0.6) is 0 Å². The zero-order valence-corrected chi connectivity index (χ0v) is 15.0. The number of nitrogens with two attached hydrogens (primary N) is 1. The molecule has 24 heavy (non-hydrogen) atoms. The third-order valence-corrected chi connectivity index (χ3v) is 4.05. The van der Waals surface area contributed by atoms with Crippen molar-refractivity contribution < 1.29 is 4.79 Å². The van der Waals surface area contributed by atoms with Crippen LogP contribution in [-0.2, 0) is 6.42 Å². The van der Waals surface area contributed by atoms with Crippen LogP contribution >= 0.6 is 24.8 Å². The van der Waals surface area contributed by atoms with Gasteiger partial charge in [0.25, 0.3) is 5.91 Å². The van der Waals surface area contributed by atoms with Crippen LogP contribution in [0, 0.1) is 0 Å². The highest BCUT2D eigenvalue weighted by atomic mass is 35.5. The summed E-state index contributed by atoms with van der Waals surface area (Å²) in [7, 11) is 0. The third-order valence-electron chi connectivity index (χ3n) is 4.05. The lowest BCUT2D eigenvalue weighted by Gasteiger charge is -2.19. The van der Waals surface area contributed by atoms with Gasteiger partial charge in [-0.3, -0.25) is 4.79 Å². The normalized spacial score (nSPS) is 11.9. The molecule has 0 aromatic heterocycles. The zero-order chi connectivity index (χ0) is 15.4. The molecule has 4 nitrogen and oxygen atoms in total. The van der Waals surface area contributed by atoms with E-state index in [1.165, 1.54) is 11.3 Å². The van der Waals surface area contributed by atoms with Crippen LogP contribution < -0.4 is 16.0 Å². The van der Waals surface area contributed by atoms with Crippen molar-refractivity contribution in [2.45, 2.75) is 12.8 Å². The second-order valence-corrected chi connectivity index (χ2v) is 5.60. The number of hydrogen-bond donors (Lipinski definition) is 2. The second-order valence-electron chi connectivity index (χ2n) is 5.60. The molecule has 130 valence electrons. The average molecular weight is 368 g/mol. The van der Waals surface area contributed by atoms with E-state index in [1.807, 2.05) is 0 Å². The molecule has 1 amide bonds. The first-order valence-corrected chi connectivity index (χ1v) is 7.70. The van der Waals surface area contributed by atoms with Gasteiger partial charge in [0.15, 0.2) is 0 Å². The molecule has 0 radical (unpaired) electrons. The summed E-state index contributed by atoms with van der Waals surface area (Å²) in [5.74, 6) is -0.0400. The van der Waals surface area contributed by atoms with E-state index in [9.17, 15) is 4.79 Å². The first kappa shape index (κ1) is 20.1. The molecule has 0 saturated carbocycles. The lowest BCUT2D eigenvalue weighted by atomic mass is 10.2. The number of halogens is 2. The summed E-state index contributed by atoms with van der Waals surface area (Å²) in [5.41, 5.74) is 9.71. The number of carbonyl (C=O) groups is 1. The van der Waals surface area contributed by atoms with Crippen LogP contribution in [0.3, 0.4) is 0 Å². The predicted octanol–water partition coefficient (Wildman–Crippen LogP) is 3.30. The number of fused-ring (bicyclic) bond motifs is 1. The molecule has 0 unspecified atom stereocenters. The molecule has 3 rings (SSSR count). The largest absolute Gasteiger partial charge is 0.399 e. The lowest BCUT2D eigenvalue weighted by molar-refractivity contribution is 0.0953. The first-order valence-electron chi connectivity index (χ1n) is 7.70. The Balaban J connectivity index is 0.00000144. The monoisotopic (exact) mass is 367 g/mol. The van der Waals surface area contributed by atoms with E-state index in [2.05, 4.69) is 34.5 Å². The lowest BCUT2D eigenvalue weighted by Crippen LogP contribution is -2.29. The highest BCUT2D eigenvalue weighted by Gasteiger charge is 2.17. The quantitative estimate of drug-likeness (QED) is 0.629. The molecule has 1 aliphatic heterocycles. The number of nitrogens with one attached hydrogen (secondary N) is 1. The van der Waals surface area contributed by atoms with Crippen molar-refractivity contribution in [3.05, 3.63) is 59.7 Å². The molecule has 2 aromatic carbocycles. The number of rotatable bonds is 5. The van der Waals surface area contributed by atoms with Crippen LogP contribution in [0.1, 0.15) is 22.3 Å². The van der Waals surface area contributed by atoms with Gasteiger partial charge >= 0.3 is 0 Å². The number of para-hydroxylation sites is 1. The number of carbonyl (C=O) groups excluding carboxylic acids is 1. The number of benzene rings is 2. The molecule has 0 spiro atoms. The minimum atomic E-state index is -0.0400. The molecule has 0 saturated heterocycles. The standard InChI is InChI=1S/C18H21N3O.2ClH/c19-16-8-6-15(7-9-16)18(22)20-11-3-12-21-13-10-14-4-1-2-5-17(14)21;;/h1-2,4-9H,3,10-13,19H2,(H,20,22);2*1H. The molecule has 1 heterocycles.